The summed E-state index contributed by atoms with van der Waals surface area (Å²) in [6.07, 6.45) is 5.18. The number of rotatable bonds is 4. The minimum absolute atomic E-state index is 0.484. The van der Waals surface area contributed by atoms with Gasteiger partial charge in [-0.05, 0) is 32.6 Å². The number of hydrogen-bond donors (Lipinski definition) is 1. The van der Waals surface area contributed by atoms with Crippen LogP contribution in [0.5, 0.6) is 0 Å². The van der Waals surface area contributed by atoms with Crippen molar-refractivity contribution in [2.24, 2.45) is 0 Å². The average molecular weight is 209 g/mol. The molecule has 1 aliphatic rings. The fraction of sp³-hybridized carbons (Fsp3) is 0.727. The van der Waals surface area contributed by atoms with Crippen LogP contribution < -0.4 is 5.73 Å². The number of nitrogen functional groups attached to an aromatic ring is 1. The molecule has 1 aromatic heterocycles. The van der Waals surface area contributed by atoms with Gasteiger partial charge in [-0.1, -0.05) is 0 Å². The third-order valence-electron chi connectivity index (χ3n) is 2.92. The summed E-state index contributed by atoms with van der Waals surface area (Å²) in [6.45, 7) is 3.93. The lowest BCUT2D eigenvalue weighted by molar-refractivity contribution is 0.101. The van der Waals surface area contributed by atoms with E-state index in [4.69, 9.17) is 10.5 Å². The van der Waals surface area contributed by atoms with Gasteiger partial charge in [-0.3, -0.25) is 4.68 Å². The molecule has 1 unspecified atom stereocenters. The first-order valence-corrected chi connectivity index (χ1v) is 5.67. The van der Waals surface area contributed by atoms with E-state index < -0.39 is 0 Å². The lowest BCUT2D eigenvalue weighted by Gasteiger charge is -2.09. The summed E-state index contributed by atoms with van der Waals surface area (Å²) in [5.74, 6) is 0.615. The number of anilines is 1. The Hall–Kier alpha value is -1.03. The third kappa shape index (κ3) is 2.72. The highest BCUT2D eigenvalue weighted by molar-refractivity contribution is 5.28. The molecule has 0 amide bonds. The van der Waals surface area contributed by atoms with Crippen molar-refractivity contribution < 1.29 is 4.74 Å². The molecule has 84 valence electrons. The highest BCUT2D eigenvalue weighted by Crippen LogP contribution is 2.17. The Bertz CT molecular complexity index is 316. The molecule has 15 heavy (non-hydrogen) atoms. The number of aromatic nitrogens is 2. The maximum atomic E-state index is 5.62. The zero-order chi connectivity index (χ0) is 10.7. The molecule has 1 saturated heterocycles. The molecular formula is C11H19N3O. The SMILES string of the molecule is Cc1cc(N)nn1CCCC1CCCO1. The molecule has 0 spiro atoms. The second-order valence-corrected chi connectivity index (χ2v) is 4.21. The Morgan fingerprint density at radius 3 is 3.13 bits per heavy atom. The van der Waals surface area contributed by atoms with Crippen molar-refractivity contribution in [2.75, 3.05) is 12.3 Å². The molecule has 4 nitrogen and oxygen atoms in total. The summed E-state index contributed by atoms with van der Waals surface area (Å²) in [5, 5.41) is 4.23. The van der Waals surface area contributed by atoms with Crippen molar-refractivity contribution >= 4 is 5.82 Å². The fourth-order valence-corrected chi connectivity index (χ4v) is 2.10. The minimum Gasteiger partial charge on any atom is -0.382 e. The minimum atomic E-state index is 0.484. The van der Waals surface area contributed by atoms with E-state index in [-0.39, 0.29) is 0 Å². The molecule has 0 aromatic carbocycles. The van der Waals surface area contributed by atoms with Gasteiger partial charge in [0.2, 0.25) is 0 Å². The van der Waals surface area contributed by atoms with Gasteiger partial charge in [0.15, 0.2) is 0 Å². The Balaban J connectivity index is 1.75. The number of nitrogens with two attached hydrogens (primary N) is 1. The quantitative estimate of drug-likeness (QED) is 0.821. The van der Waals surface area contributed by atoms with Crippen molar-refractivity contribution in [3.05, 3.63) is 11.8 Å². The smallest absolute Gasteiger partial charge is 0.145 e. The second-order valence-electron chi connectivity index (χ2n) is 4.21. The lowest BCUT2D eigenvalue weighted by Crippen LogP contribution is -2.08. The Kier molecular flexibility index (Phi) is 3.26. The van der Waals surface area contributed by atoms with E-state index in [1.165, 1.54) is 12.8 Å². The van der Waals surface area contributed by atoms with Gasteiger partial charge >= 0.3 is 0 Å². The van der Waals surface area contributed by atoms with Gasteiger partial charge in [-0.15, -0.1) is 0 Å². The molecule has 1 atom stereocenters. The molecule has 1 fully saturated rings. The van der Waals surface area contributed by atoms with Crippen LogP contribution in [-0.4, -0.2) is 22.5 Å². The van der Waals surface area contributed by atoms with Crippen LogP contribution in [0.15, 0.2) is 6.07 Å². The summed E-state index contributed by atoms with van der Waals surface area (Å²) in [5.41, 5.74) is 6.76. The largest absolute Gasteiger partial charge is 0.382 e. The first-order chi connectivity index (χ1) is 7.25. The lowest BCUT2D eigenvalue weighted by atomic mass is 10.1. The van der Waals surface area contributed by atoms with Crippen LogP contribution in [-0.2, 0) is 11.3 Å². The summed E-state index contributed by atoms with van der Waals surface area (Å²) in [6, 6.07) is 1.91. The zero-order valence-corrected chi connectivity index (χ0v) is 9.28. The predicted octanol–water partition coefficient (Wildman–Crippen LogP) is 1.73. The predicted molar refractivity (Wildman–Crippen MR) is 59.6 cm³/mol. The van der Waals surface area contributed by atoms with Crippen LogP contribution >= 0.6 is 0 Å². The van der Waals surface area contributed by atoms with Gasteiger partial charge in [-0.25, -0.2) is 0 Å². The average Bonchev–Trinajstić information content (AvgIpc) is 2.77. The van der Waals surface area contributed by atoms with Crippen molar-refractivity contribution in [1.82, 2.24) is 9.78 Å². The van der Waals surface area contributed by atoms with Gasteiger partial charge in [-0.2, -0.15) is 5.10 Å². The van der Waals surface area contributed by atoms with Gasteiger partial charge in [0.1, 0.15) is 5.82 Å². The highest BCUT2D eigenvalue weighted by atomic mass is 16.5. The van der Waals surface area contributed by atoms with Crippen LogP contribution in [0.2, 0.25) is 0 Å². The first kappa shape index (κ1) is 10.5. The summed E-state index contributed by atoms with van der Waals surface area (Å²) in [7, 11) is 0. The highest BCUT2D eigenvalue weighted by Gasteiger charge is 2.14. The van der Waals surface area contributed by atoms with Crippen LogP contribution in [0.1, 0.15) is 31.4 Å². The first-order valence-electron chi connectivity index (χ1n) is 5.67. The summed E-state index contributed by atoms with van der Waals surface area (Å²) in [4.78, 5) is 0. The molecule has 2 rings (SSSR count). The molecule has 4 heteroatoms. The Morgan fingerprint density at radius 2 is 2.53 bits per heavy atom. The summed E-state index contributed by atoms with van der Waals surface area (Å²) < 4.78 is 7.55. The number of ether oxygens (including phenoxy) is 1. The molecule has 2 heterocycles. The van der Waals surface area contributed by atoms with E-state index in [0.717, 1.165) is 31.7 Å². The Morgan fingerprint density at radius 1 is 1.67 bits per heavy atom. The van der Waals surface area contributed by atoms with Crippen LogP contribution in [0.25, 0.3) is 0 Å². The monoisotopic (exact) mass is 209 g/mol. The molecular weight excluding hydrogens is 190 g/mol. The van der Waals surface area contributed by atoms with E-state index in [2.05, 4.69) is 5.10 Å². The summed E-state index contributed by atoms with van der Waals surface area (Å²) >= 11 is 0. The third-order valence-corrected chi connectivity index (χ3v) is 2.92. The van der Waals surface area contributed by atoms with E-state index in [1.54, 1.807) is 0 Å². The normalized spacial score (nSPS) is 21.0. The molecule has 2 N–H and O–H groups in total. The topological polar surface area (TPSA) is 53.1 Å². The van der Waals surface area contributed by atoms with E-state index in [1.807, 2.05) is 17.7 Å². The van der Waals surface area contributed by atoms with Crippen molar-refractivity contribution in [2.45, 2.75) is 45.3 Å². The zero-order valence-electron chi connectivity index (χ0n) is 9.28. The van der Waals surface area contributed by atoms with Gasteiger partial charge in [0, 0.05) is 24.9 Å². The van der Waals surface area contributed by atoms with Crippen LogP contribution in [0.3, 0.4) is 0 Å². The molecule has 0 bridgehead atoms. The van der Waals surface area contributed by atoms with Crippen LogP contribution in [0.4, 0.5) is 5.82 Å². The molecule has 1 aromatic rings. The van der Waals surface area contributed by atoms with Crippen molar-refractivity contribution in [3.63, 3.8) is 0 Å². The van der Waals surface area contributed by atoms with Gasteiger partial charge in [0.05, 0.1) is 6.10 Å². The number of hydrogen-bond acceptors (Lipinski definition) is 3. The van der Waals surface area contributed by atoms with Crippen molar-refractivity contribution in [1.29, 1.82) is 0 Å². The molecule has 0 aliphatic carbocycles. The van der Waals surface area contributed by atoms with Crippen LogP contribution in [0, 0.1) is 6.92 Å². The number of nitrogens with zero attached hydrogens (tertiary/aromatic N) is 2. The van der Waals surface area contributed by atoms with E-state index >= 15 is 0 Å². The fourth-order valence-electron chi connectivity index (χ4n) is 2.10. The molecule has 1 aliphatic heterocycles. The second kappa shape index (κ2) is 4.66. The van der Waals surface area contributed by atoms with E-state index in [9.17, 15) is 0 Å². The van der Waals surface area contributed by atoms with Gasteiger partial charge < -0.3 is 10.5 Å². The van der Waals surface area contributed by atoms with E-state index in [0.29, 0.717) is 11.9 Å². The molecule has 0 saturated carbocycles. The van der Waals surface area contributed by atoms with Crippen molar-refractivity contribution in [3.8, 4) is 0 Å². The Labute approximate surface area is 90.4 Å². The standard InChI is InChI=1S/C11H19N3O/c1-9-8-11(12)13-14(9)6-2-4-10-5-3-7-15-10/h8,10H,2-7H2,1H3,(H2,12,13). The van der Waals surface area contributed by atoms with Gasteiger partial charge in [0.25, 0.3) is 0 Å². The number of aryl methyl sites for hydroxylation is 2. The maximum Gasteiger partial charge on any atom is 0.145 e. The maximum absolute atomic E-state index is 5.62. The molecule has 0 radical (unpaired) electrons.